The molecule has 0 bridgehead atoms. The molecule has 2 heteroatoms. The topological polar surface area (TPSA) is 26.0 Å². The molecule has 1 aromatic rings. The molecule has 1 rings (SSSR count). The summed E-state index contributed by atoms with van der Waals surface area (Å²) in [5.41, 5.74) is 8.51. The number of aryl methyl sites for hydroxylation is 1. The van der Waals surface area contributed by atoms with Crippen LogP contribution < -0.4 is 5.73 Å². The monoisotopic (exact) mass is 199 g/mol. The first kappa shape index (κ1) is 12.5. The Bertz CT molecular complexity index is 241. The summed E-state index contributed by atoms with van der Waals surface area (Å²) >= 11 is 0. The molecule has 1 nitrogen and oxygen atoms in total. The van der Waals surface area contributed by atoms with Gasteiger partial charge in [0.1, 0.15) is 0 Å². The van der Waals surface area contributed by atoms with Gasteiger partial charge < -0.3 is 5.73 Å². The first-order valence-corrected chi connectivity index (χ1v) is 4.43. The minimum atomic E-state index is 0. The molecule has 74 valence electrons. The largest absolute Gasteiger partial charge is 0.324 e. The summed E-state index contributed by atoms with van der Waals surface area (Å²) in [6.07, 6.45) is 0. The molecule has 13 heavy (non-hydrogen) atoms. The van der Waals surface area contributed by atoms with E-state index in [1.54, 1.807) is 0 Å². The van der Waals surface area contributed by atoms with Gasteiger partial charge in [-0.05, 0) is 18.4 Å². The number of benzene rings is 1. The van der Waals surface area contributed by atoms with Gasteiger partial charge in [-0.25, -0.2) is 0 Å². The first-order valence-electron chi connectivity index (χ1n) is 4.43. The molecule has 0 amide bonds. The molecule has 0 unspecified atom stereocenters. The second kappa shape index (κ2) is 5.25. The molecule has 0 aliphatic carbocycles. The SMILES string of the molecule is Cc1ccc([C@@H](N)C(C)C)cc1.Cl. The molecule has 1 atom stereocenters. The zero-order valence-corrected chi connectivity index (χ0v) is 9.27. The number of halogens is 1. The van der Waals surface area contributed by atoms with Gasteiger partial charge in [-0.3, -0.25) is 0 Å². The summed E-state index contributed by atoms with van der Waals surface area (Å²) in [5.74, 6) is 0.507. The maximum atomic E-state index is 5.99. The van der Waals surface area contributed by atoms with E-state index in [4.69, 9.17) is 5.73 Å². The maximum Gasteiger partial charge on any atom is 0.0318 e. The third-order valence-corrected chi connectivity index (χ3v) is 2.18. The van der Waals surface area contributed by atoms with Crippen molar-refractivity contribution in [3.63, 3.8) is 0 Å². The molecule has 0 aliphatic rings. The Hall–Kier alpha value is -0.530. The highest BCUT2D eigenvalue weighted by Crippen LogP contribution is 2.18. The van der Waals surface area contributed by atoms with E-state index in [1.165, 1.54) is 11.1 Å². The van der Waals surface area contributed by atoms with Crippen molar-refractivity contribution < 1.29 is 0 Å². The van der Waals surface area contributed by atoms with Crippen molar-refractivity contribution in [1.82, 2.24) is 0 Å². The van der Waals surface area contributed by atoms with E-state index in [0.717, 1.165) is 0 Å². The number of hydrogen-bond donors (Lipinski definition) is 1. The summed E-state index contributed by atoms with van der Waals surface area (Å²) in [6, 6.07) is 8.61. The van der Waals surface area contributed by atoms with Crippen molar-refractivity contribution >= 4 is 12.4 Å². The fraction of sp³-hybridized carbons (Fsp3) is 0.455. The van der Waals surface area contributed by atoms with Gasteiger partial charge in [0.2, 0.25) is 0 Å². The number of rotatable bonds is 2. The van der Waals surface area contributed by atoms with E-state index in [1.807, 2.05) is 0 Å². The summed E-state index contributed by atoms with van der Waals surface area (Å²) in [6.45, 7) is 6.37. The van der Waals surface area contributed by atoms with Crippen LogP contribution in [0, 0.1) is 12.8 Å². The van der Waals surface area contributed by atoms with Crippen LogP contribution in [-0.4, -0.2) is 0 Å². The normalized spacial score (nSPS) is 12.4. The lowest BCUT2D eigenvalue weighted by atomic mass is 9.96. The third-order valence-electron chi connectivity index (χ3n) is 2.18. The minimum Gasteiger partial charge on any atom is -0.324 e. The predicted molar refractivity (Wildman–Crippen MR) is 60.2 cm³/mol. The Kier molecular flexibility index (Phi) is 5.04. The Labute approximate surface area is 86.7 Å². The average Bonchev–Trinajstić information content (AvgIpc) is 2.04. The van der Waals surface area contributed by atoms with Crippen LogP contribution in [0.1, 0.15) is 31.0 Å². The summed E-state index contributed by atoms with van der Waals surface area (Å²) in [7, 11) is 0. The minimum absolute atomic E-state index is 0. The van der Waals surface area contributed by atoms with Gasteiger partial charge in [0.05, 0.1) is 0 Å². The highest BCUT2D eigenvalue weighted by Gasteiger charge is 2.08. The van der Waals surface area contributed by atoms with Crippen LogP contribution in [0.15, 0.2) is 24.3 Å². The lowest BCUT2D eigenvalue weighted by Crippen LogP contribution is -2.16. The summed E-state index contributed by atoms with van der Waals surface area (Å²) in [4.78, 5) is 0. The molecular weight excluding hydrogens is 182 g/mol. The van der Waals surface area contributed by atoms with Crippen LogP contribution in [-0.2, 0) is 0 Å². The molecule has 0 saturated heterocycles. The van der Waals surface area contributed by atoms with E-state index in [9.17, 15) is 0 Å². The second-order valence-corrected chi connectivity index (χ2v) is 3.68. The Morgan fingerprint density at radius 1 is 1.08 bits per heavy atom. The van der Waals surface area contributed by atoms with Gasteiger partial charge in [0, 0.05) is 6.04 Å². The van der Waals surface area contributed by atoms with Crippen LogP contribution in [0.5, 0.6) is 0 Å². The summed E-state index contributed by atoms with van der Waals surface area (Å²) in [5, 5.41) is 0. The van der Waals surface area contributed by atoms with Crippen molar-refractivity contribution in [1.29, 1.82) is 0 Å². The molecule has 0 radical (unpaired) electrons. The van der Waals surface area contributed by atoms with Gasteiger partial charge in [-0.2, -0.15) is 0 Å². The van der Waals surface area contributed by atoms with E-state index >= 15 is 0 Å². The average molecular weight is 200 g/mol. The lowest BCUT2D eigenvalue weighted by Gasteiger charge is -2.15. The standard InChI is InChI=1S/C11H17N.ClH/c1-8(2)11(12)10-6-4-9(3)5-7-10;/h4-8,11H,12H2,1-3H3;1H/t11-;/m0./s1. The highest BCUT2D eigenvalue weighted by molar-refractivity contribution is 5.85. The van der Waals surface area contributed by atoms with E-state index in [0.29, 0.717) is 5.92 Å². The van der Waals surface area contributed by atoms with Crippen molar-refractivity contribution in [3.8, 4) is 0 Å². The Balaban J connectivity index is 0.00000144. The van der Waals surface area contributed by atoms with E-state index < -0.39 is 0 Å². The third kappa shape index (κ3) is 3.37. The predicted octanol–water partition coefficient (Wildman–Crippen LogP) is 3.07. The molecule has 0 heterocycles. The fourth-order valence-electron chi connectivity index (χ4n) is 1.17. The van der Waals surface area contributed by atoms with Crippen molar-refractivity contribution in [2.45, 2.75) is 26.8 Å². The lowest BCUT2D eigenvalue weighted by molar-refractivity contribution is 0.514. The van der Waals surface area contributed by atoms with Gasteiger partial charge in [-0.15, -0.1) is 12.4 Å². The van der Waals surface area contributed by atoms with Gasteiger partial charge in [-0.1, -0.05) is 43.7 Å². The Morgan fingerprint density at radius 3 is 1.92 bits per heavy atom. The molecule has 2 N–H and O–H groups in total. The second-order valence-electron chi connectivity index (χ2n) is 3.68. The van der Waals surface area contributed by atoms with Crippen molar-refractivity contribution in [3.05, 3.63) is 35.4 Å². The smallest absolute Gasteiger partial charge is 0.0318 e. The highest BCUT2D eigenvalue weighted by atomic mass is 35.5. The molecule has 0 fully saturated rings. The first-order chi connectivity index (χ1) is 5.61. The fourth-order valence-corrected chi connectivity index (χ4v) is 1.17. The quantitative estimate of drug-likeness (QED) is 0.779. The molecule has 0 aromatic heterocycles. The van der Waals surface area contributed by atoms with Crippen molar-refractivity contribution in [2.75, 3.05) is 0 Å². The van der Waals surface area contributed by atoms with Crippen LogP contribution >= 0.6 is 12.4 Å². The zero-order chi connectivity index (χ0) is 9.14. The van der Waals surface area contributed by atoms with Crippen molar-refractivity contribution in [2.24, 2.45) is 11.7 Å². The molecule has 0 aliphatic heterocycles. The van der Waals surface area contributed by atoms with Crippen LogP contribution in [0.3, 0.4) is 0 Å². The summed E-state index contributed by atoms with van der Waals surface area (Å²) < 4.78 is 0. The Morgan fingerprint density at radius 2 is 1.54 bits per heavy atom. The number of nitrogens with two attached hydrogens (primary N) is 1. The van der Waals surface area contributed by atoms with Crippen LogP contribution in [0.2, 0.25) is 0 Å². The van der Waals surface area contributed by atoms with Gasteiger partial charge in [0.25, 0.3) is 0 Å². The molecule has 0 spiro atoms. The molecular formula is C11H18ClN. The maximum absolute atomic E-state index is 5.99. The molecule has 0 saturated carbocycles. The van der Waals surface area contributed by atoms with E-state index in [-0.39, 0.29) is 18.4 Å². The number of hydrogen-bond acceptors (Lipinski definition) is 1. The van der Waals surface area contributed by atoms with Crippen LogP contribution in [0.4, 0.5) is 0 Å². The zero-order valence-electron chi connectivity index (χ0n) is 8.45. The van der Waals surface area contributed by atoms with Crippen LogP contribution in [0.25, 0.3) is 0 Å². The van der Waals surface area contributed by atoms with E-state index in [2.05, 4.69) is 45.0 Å². The molecule has 1 aromatic carbocycles. The van der Waals surface area contributed by atoms with Gasteiger partial charge in [0.15, 0.2) is 0 Å². The van der Waals surface area contributed by atoms with Gasteiger partial charge >= 0.3 is 0 Å².